The van der Waals surface area contributed by atoms with Gasteiger partial charge in [0.15, 0.2) is 0 Å². The molecule has 2 aliphatic heterocycles. The summed E-state index contributed by atoms with van der Waals surface area (Å²) in [6.45, 7) is 2.55. The van der Waals surface area contributed by atoms with Gasteiger partial charge in [-0.1, -0.05) is 12.8 Å². The van der Waals surface area contributed by atoms with Crippen LogP contribution in [0.4, 0.5) is 5.69 Å². The first-order valence-corrected chi connectivity index (χ1v) is 11.9. The molecule has 158 valence electrons. The molecule has 1 aromatic carbocycles. The van der Waals surface area contributed by atoms with E-state index < -0.39 is 15.7 Å². The van der Waals surface area contributed by atoms with Crippen molar-refractivity contribution in [3.63, 3.8) is 0 Å². The van der Waals surface area contributed by atoms with Crippen LogP contribution in [0.5, 0.6) is 0 Å². The maximum Gasteiger partial charge on any atom is 0.243 e. The van der Waals surface area contributed by atoms with E-state index in [4.69, 9.17) is 11.5 Å². The number of nitrogens with two attached hydrogens (primary N) is 2. The van der Waals surface area contributed by atoms with Gasteiger partial charge < -0.3 is 11.5 Å². The molecule has 1 aliphatic carbocycles. The molecule has 4 N–H and O–H groups in total. The molecule has 2 heterocycles. The summed E-state index contributed by atoms with van der Waals surface area (Å²) in [5.41, 5.74) is 12.4. The summed E-state index contributed by atoms with van der Waals surface area (Å²) in [5, 5.41) is 0. The van der Waals surface area contributed by atoms with Gasteiger partial charge in [0.1, 0.15) is 5.66 Å². The number of nitrogens with zero attached hydrogens (tertiary/aromatic N) is 4. The molecule has 1 saturated heterocycles. The van der Waals surface area contributed by atoms with Crippen molar-refractivity contribution in [2.24, 2.45) is 21.5 Å². The Balaban J connectivity index is 1.65. The molecule has 1 saturated carbocycles. The van der Waals surface area contributed by atoms with Gasteiger partial charge in [-0.2, -0.15) is 9.30 Å². The second-order valence-corrected chi connectivity index (χ2v) is 10.2. The van der Waals surface area contributed by atoms with E-state index >= 15 is 0 Å². The first-order valence-electron chi connectivity index (χ1n) is 10.5. The lowest BCUT2D eigenvalue weighted by Crippen LogP contribution is -2.58. The van der Waals surface area contributed by atoms with E-state index in [1.54, 1.807) is 28.6 Å². The Morgan fingerprint density at radius 2 is 1.72 bits per heavy atom. The topological polar surface area (TPSA) is 117 Å². The lowest BCUT2D eigenvalue weighted by Gasteiger charge is -2.45. The third-order valence-corrected chi connectivity index (χ3v) is 8.32. The molecule has 0 amide bonds. The Morgan fingerprint density at radius 3 is 2.38 bits per heavy atom. The number of sulfonamides is 1. The number of guanidine groups is 2. The van der Waals surface area contributed by atoms with Crippen LogP contribution in [-0.4, -0.2) is 42.9 Å². The van der Waals surface area contributed by atoms with Gasteiger partial charge in [-0.3, -0.25) is 4.90 Å². The zero-order chi connectivity index (χ0) is 20.6. The highest BCUT2D eigenvalue weighted by Gasteiger charge is 2.42. The van der Waals surface area contributed by atoms with E-state index in [9.17, 15) is 8.42 Å². The molecule has 4 rings (SSSR count). The van der Waals surface area contributed by atoms with E-state index in [0.29, 0.717) is 17.4 Å². The summed E-state index contributed by atoms with van der Waals surface area (Å²) in [4.78, 5) is 11.1. The van der Waals surface area contributed by atoms with Crippen LogP contribution in [0.15, 0.2) is 39.1 Å². The van der Waals surface area contributed by atoms with Crippen molar-refractivity contribution in [3.8, 4) is 0 Å². The molecule has 2 fully saturated rings. The third-order valence-electron chi connectivity index (χ3n) is 6.29. The van der Waals surface area contributed by atoms with Crippen molar-refractivity contribution < 1.29 is 8.42 Å². The van der Waals surface area contributed by atoms with E-state index in [2.05, 4.69) is 9.98 Å². The third kappa shape index (κ3) is 3.61. The molecule has 1 spiro atoms. The van der Waals surface area contributed by atoms with Crippen molar-refractivity contribution in [2.45, 2.75) is 74.9 Å². The maximum atomic E-state index is 13.1. The molecular formula is C20H30N6O2S. The summed E-state index contributed by atoms with van der Waals surface area (Å²) in [6, 6.07) is 6.96. The van der Waals surface area contributed by atoms with Crippen LogP contribution in [0.2, 0.25) is 0 Å². The molecule has 3 aliphatic rings. The second kappa shape index (κ2) is 7.60. The molecule has 0 radical (unpaired) electrons. The van der Waals surface area contributed by atoms with E-state index in [-0.39, 0.29) is 12.0 Å². The highest BCUT2D eigenvalue weighted by atomic mass is 32.2. The lowest BCUT2D eigenvalue weighted by molar-refractivity contribution is 0.268. The fourth-order valence-corrected chi connectivity index (χ4v) is 6.53. The molecule has 29 heavy (non-hydrogen) atoms. The van der Waals surface area contributed by atoms with Crippen molar-refractivity contribution in [1.82, 2.24) is 4.31 Å². The van der Waals surface area contributed by atoms with Gasteiger partial charge in [0, 0.05) is 18.3 Å². The number of piperidine rings is 1. The predicted octanol–water partition coefficient (Wildman–Crippen LogP) is 2.36. The van der Waals surface area contributed by atoms with Gasteiger partial charge in [-0.25, -0.2) is 13.4 Å². The zero-order valence-corrected chi connectivity index (χ0v) is 17.7. The summed E-state index contributed by atoms with van der Waals surface area (Å²) in [5.74, 6) is 0.513. The minimum absolute atomic E-state index is 0.0288. The Bertz CT molecular complexity index is 919. The minimum Gasteiger partial charge on any atom is -0.369 e. The first-order chi connectivity index (χ1) is 13.8. The zero-order valence-electron chi connectivity index (χ0n) is 16.9. The number of aliphatic imine (C=N–C) groups is 2. The smallest absolute Gasteiger partial charge is 0.243 e. The van der Waals surface area contributed by atoms with E-state index in [1.807, 2.05) is 11.8 Å². The molecule has 1 aromatic rings. The number of anilines is 1. The monoisotopic (exact) mass is 418 g/mol. The average molecular weight is 419 g/mol. The Hall–Kier alpha value is -2.13. The van der Waals surface area contributed by atoms with Gasteiger partial charge in [0.25, 0.3) is 0 Å². The average Bonchev–Trinajstić information content (AvgIpc) is 2.68. The van der Waals surface area contributed by atoms with E-state index in [0.717, 1.165) is 57.1 Å². The molecule has 0 aromatic heterocycles. The van der Waals surface area contributed by atoms with Crippen LogP contribution in [-0.2, 0) is 10.0 Å². The second-order valence-electron chi connectivity index (χ2n) is 8.27. The minimum atomic E-state index is -3.51. The van der Waals surface area contributed by atoms with Crippen LogP contribution in [0.25, 0.3) is 0 Å². The van der Waals surface area contributed by atoms with Gasteiger partial charge >= 0.3 is 0 Å². The molecule has 8 nitrogen and oxygen atoms in total. The Kier molecular flexibility index (Phi) is 5.29. The van der Waals surface area contributed by atoms with Gasteiger partial charge in [0.2, 0.25) is 21.9 Å². The standard InChI is InChI=1S/C20H30N6O2S/c1-15-7-3-6-14-25(15)29(27,28)17-10-8-16(9-11-17)26-19(22)23-18(21)24-20(26)12-4-2-5-13-20/h8-11,15H,2-7,12-14H2,1H3,(H4,21,22,23,24). The summed E-state index contributed by atoms with van der Waals surface area (Å²) >= 11 is 0. The number of rotatable bonds is 3. The summed E-state index contributed by atoms with van der Waals surface area (Å²) in [6.07, 6.45) is 7.81. The normalized spacial score (nSPS) is 25.6. The lowest BCUT2D eigenvalue weighted by atomic mass is 9.87. The maximum absolute atomic E-state index is 13.1. The first kappa shape index (κ1) is 20.2. The van der Waals surface area contributed by atoms with E-state index in [1.165, 1.54) is 0 Å². The predicted molar refractivity (Wildman–Crippen MR) is 115 cm³/mol. The summed E-state index contributed by atoms with van der Waals surface area (Å²) in [7, 11) is -3.51. The van der Waals surface area contributed by atoms with Gasteiger partial charge in [-0.15, -0.1) is 0 Å². The van der Waals surface area contributed by atoms with Crippen LogP contribution in [0.1, 0.15) is 58.3 Å². The molecule has 0 bridgehead atoms. The highest BCUT2D eigenvalue weighted by Crippen LogP contribution is 2.39. The van der Waals surface area contributed by atoms with Crippen molar-refractivity contribution in [3.05, 3.63) is 24.3 Å². The van der Waals surface area contributed by atoms with Crippen LogP contribution < -0.4 is 16.4 Å². The van der Waals surface area contributed by atoms with Crippen molar-refractivity contribution >= 4 is 27.6 Å². The fourth-order valence-electron chi connectivity index (χ4n) is 4.83. The van der Waals surface area contributed by atoms with Crippen LogP contribution in [0.3, 0.4) is 0 Å². The molecular weight excluding hydrogens is 388 g/mol. The van der Waals surface area contributed by atoms with Gasteiger partial charge in [0.05, 0.1) is 4.90 Å². The highest BCUT2D eigenvalue weighted by molar-refractivity contribution is 7.89. The van der Waals surface area contributed by atoms with Crippen LogP contribution >= 0.6 is 0 Å². The Labute approximate surface area is 172 Å². The largest absolute Gasteiger partial charge is 0.369 e. The quantitative estimate of drug-likeness (QED) is 0.781. The molecule has 1 unspecified atom stereocenters. The molecule has 1 atom stereocenters. The molecule has 9 heteroatoms. The number of hydrogen-bond acceptors (Lipinski definition) is 7. The van der Waals surface area contributed by atoms with Crippen molar-refractivity contribution in [2.75, 3.05) is 11.4 Å². The van der Waals surface area contributed by atoms with Crippen molar-refractivity contribution in [1.29, 1.82) is 0 Å². The van der Waals surface area contributed by atoms with Gasteiger partial charge in [-0.05, 0) is 69.7 Å². The van der Waals surface area contributed by atoms with Crippen LogP contribution in [0, 0.1) is 0 Å². The number of benzene rings is 1. The Morgan fingerprint density at radius 1 is 1.03 bits per heavy atom. The SMILES string of the molecule is CC1CCCCN1S(=O)(=O)c1ccc(N2C(N)=NC(N)=NC23CCCCC3)cc1. The number of hydrogen-bond donors (Lipinski definition) is 2. The fraction of sp³-hybridized carbons (Fsp3) is 0.600. The summed E-state index contributed by atoms with van der Waals surface area (Å²) < 4.78 is 27.8.